The smallest absolute Gasteiger partial charge is 0.227 e. The van der Waals surface area contributed by atoms with Crippen LogP contribution in [-0.2, 0) is 0 Å². The minimum atomic E-state index is -0.756. The van der Waals surface area contributed by atoms with Gasteiger partial charge in [0.15, 0.2) is 0 Å². The third-order valence-corrected chi connectivity index (χ3v) is 4.07. The Bertz CT molecular complexity index is 1060. The number of hydrogen-bond acceptors (Lipinski definition) is 3. The molecule has 0 radical (unpaired) electrons. The maximum absolute atomic E-state index is 8.17. The van der Waals surface area contributed by atoms with Crippen molar-refractivity contribution in [3.8, 4) is 11.3 Å². The molecule has 0 aliphatic heterocycles. The fourth-order valence-electron chi connectivity index (χ4n) is 2.84. The SMILES string of the molecule is [2H]C(C)(C)c1ccc2c(n1)oc1c(-c3cc(C)ccn3)cccc12. The lowest BCUT2D eigenvalue weighted by molar-refractivity contribution is 0.648. The van der Waals surface area contributed by atoms with Crippen LogP contribution in [0, 0.1) is 6.92 Å². The normalized spacial score (nSPS) is 12.7. The molecule has 3 heteroatoms. The summed E-state index contributed by atoms with van der Waals surface area (Å²) in [6.45, 7) is 5.70. The third kappa shape index (κ3) is 2.29. The van der Waals surface area contributed by atoms with Crippen molar-refractivity contribution in [2.75, 3.05) is 0 Å². The van der Waals surface area contributed by atoms with Gasteiger partial charge in [0.2, 0.25) is 5.71 Å². The molecule has 3 nitrogen and oxygen atoms in total. The number of benzene rings is 1. The van der Waals surface area contributed by atoms with Crippen molar-refractivity contribution >= 4 is 22.1 Å². The molecule has 0 spiro atoms. The van der Waals surface area contributed by atoms with E-state index in [9.17, 15) is 0 Å². The van der Waals surface area contributed by atoms with E-state index in [1.165, 1.54) is 0 Å². The van der Waals surface area contributed by atoms with Crippen LogP contribution >= 0.6 is 0 Å². The van der Waals surface area contributed by atoms with Gasteiger partial charge in [-0.25, -0.2) is 4.98 Å². The lowest BCUT2D eigenvalue weighted by atomic mass is 10.0. The number of nitrogens with zero attached hydrogens (tertiary/aromatic N) is 2. The molecule has 23 heavy (non-hydrogen) atoms. The van der Waals surface area contributed by atoms with Crippen LogP contribution in [0.25, 0.3) is 33.3 Å². The average Bonchev–Trinajstić information content (AvgIpc) is 2.91. The van der Waals surface area contributed by atoms with Crippen LogP contribution in [0.5, 0.6) is 0 Å². The predicted octanol–water partition coefficient (Wildman–Crippen LogP) is 5.47. The lowest BCUT2D eigenvalue weighted by Gasteiger charge is -2.02. The molecule has 3 heterocycles. The molecule has 0 aliphatic rings. The molecule has 1 aromatic carbocycles. The van der Waals surface area contributed by atoms with E-state index >= 15 is 0 Å². The van der Waals surface area contributed by atoms with Crippen LogP contribution in [0.4, 0.5) is 0 Å². The van der Waals surface area contributed by atoms with E-state index in [1.54, 1.807) is 0 Å². The van der Waals surface area contributed by atoms with Crippen molar-refractivity contribution in [1.29, 1.82) is 0 Å². The lowest BCUT2D eigenvalue weighted by Crippen LogP contribution is -1.90. The van der Waals surface area contributed by atoms with E-state index in [-0.39, 0.29) is 0 Å². The minimum absolute atomic E-state index is 0.572. The van der Waals surface area contributed by atoms with Crippen molar-refractivity contribution in [2.45, 2.75) is 26.7 Å². The molecule has 0 saturated carbocycles. The molecule has 4 rings (SSSR count). The molecule has 0 aliphatic carbocycles. The van der Waals surface area contributed by atoms with Crippen LogP contribution in [0.1, 0.15) is 32.4 Å². The largest absolute Gasteiger partial charge is 0.437 e. The number of para-hydroxylation sites is 1. The Hall–Kier alpha value is -2.68. The van der Waals surface area contributed by atoms with Gasteiger partial charge in [0, 0.05) is 29.6 Å². The predicted molar refractivity (Wildman–Crippen MR) is 93.6 cm³/mol. The van der Waals surface area contributed by atoms with Crippen LogP contribution < -0.4 is 0 Å². The van der Waals surface area contributed by atoms with Gasteiger partial charge >= 0.3 is 0 Å². The summed E-state index contributed by atoms with van der Waals surface area (Å²) in [5, 5.41) is 1.99. The average molecular weight is 303 g/mol. The van der Waals surface area contributed by atoms with Crippen LogP contribution in [0.3, 0.4) is 0 Å². The summed E-state index contributed by atoms with van der Waals surface area (Å²) in [6.07, 6.45) is 1.81. The van der Waals surface area contributed by atoms with E-state index in [4.69, 9.17) is 5.79 Å². The number of furan rings is 1. The van der Waals surface area contributed by atoms with Gasteiger partial charge in [0.1, 0.15) is 5.58 Å². The molecule has 0 saturated heterocycles. The van der Waals surface area contributed by atoms with Gasteiger partial charge in [-0.15, -0.1) is 0 Å². The van der Waals surface area contributed by atoms with Crippen molar-refractivity contribution in [2.24, 2.45) is 0 Å². The summed E-state index contributed by atoms with van der Waals surface area (Å²) in [5.74, 6) is -0.756. The molecule has 0 amide bonds. The molecule has 3 aromatic heterocycles. The summed E-state index contributed by atoms with van der Waals surface area (Å²) in [7, 11) is 0. The fourth-order valence-corrected chi connectivity index (χ4v) is 2.84. The van der Waals surface area contributed by atoms with Gasteiger partial charge in [-0.1, -0.05) is 26.0 Å². The highest BCUT2D eigenvalue weighted by atomic mass is 16.3. The number of pyridine rings is 2. The van der Waals surface area contributed by atoms with Crippen LogP contribution in [-0.4, -0.2) is 9.97 Å². The Kier molecular flexibility index (Phi) is 2.90. The van der Waals surface area contributed by atoms with Crippen LogP contribution in [0.15, 0.2) is 53.1 Å². The molecule has 114 valence electrons. The van der Waals surface area contributed by atoms with Gasteiger partial charge in [-0.05, 0) is 48.7 Å². The fraction of sp³-hybridized carbons (Fsp3) is 0.200. The summed E-state index contributed by atoms with van der Waals surface area (Å²) in [4.78, 5) is 9.04. The molecule has 0 N–H and O–H groups in total. The maximum atomic E-state index is 8.17. The number of aryl methyl sites for hydroxylation is 1. The topological polar surface area (TPSA) is 38.9 Å². The first-order valence-corrected chi connectivity index (χ1v) is 7.69. The Morgan fingerprint density at radius 3 is 2.74 bits per heavy atom. The molecule has 0 atom stereocenters. The third-order valence-electron chi connectivity index (χ3n) is 4.07. The summed E-state index contributed by atoms with van der Waals surface area (Å²) in [6, 6.07) is 14.0. The zero-order chi connectivity index (χ0) is 16.9. The zero-order valence-corrected chi connectivity index (χ0v) is 13.4. The maximum Gasteiger partial charge on any atom is 0.227 e. The van der Waals surface area contributed by atoms with Gasteiger partial charge in [-0.2, -0.15) is 0 Å². The van der Waals surface area contributed by atoms with Crippen molar-refractivity contribution < 1.29 is 5.79 Å². The van der Waals surface area contributed by atoms with Gasteiger partial charge in [0.25, 0.3) is 0 Å². The number of aromatic nitrogens is 2. The first kappa shape index (κ1) is 12.8. The molecular formula is C20H18N2O. The number of rotatable bonds is 2. The Morgan fingerprint density at radius 1 is 1.09 bits per heavy atom. The Morgan fingerprint density at radius 2 is 1.96 bits per heavy atom. The summed E-state index contributed by atoms with van der Waals surface area (Å²) >= 11 is 0. The molecule has 0 unspecified atom stereocenters. The van der Waals surface area contributed by atoms with Gasteiger partial charge < -0.3 is 4.42 Å². The minimum Gasteiger partial charge on any atom is -0.437 e. The van der Waals surface area contributed by atoms with E-state index in [0.717, 1.165) is 33.2 Å². The van der Waals surface area contributed by atoms with E-state index < -0.39 is 5.89 Å². The van der Waals surface area contributed by atoms with Crippen LogP contribution in [0.2, 0.25) is 0 Å². The summed E-state index contributed by atoms with van der Waals surface area (Å²) in [5.41, 5.74) is 5.07. The summed E-state index contributed by atoms with van der Waals surface area (Å²) < 4.78 is 14.2. The number of fused-ring (bicyclic) bond motifs is 3. The first-order valence-electron chi connectivity index (χ1n) is 8.19. The second kappa shape index (κ2) is 5.20. The monoisotopic (exact) mass is 303 g/mol. The highest BCUT2D eigenvalue weighted by molar-refractivity contribution is 6.08. The van der Waals surface area contributed by atoms with Crippen molar-refractivity contribution in [3.63, 3.8) is 0 Å². The first-order chi connectivity index (χ1) is 11.4. The molecule has 4 aromatic rings. The zero-order valence-electron chi connectivity index (χ0n) is 14.4. The molecule has 0 bridgehead atoms. The number of hydrogen-bond donors (Lipinski definition) is 0. The molecule has 0 fully saturated rings. The second-order valence-electron chi connectivity index (χ2n) is 6.05. The second-order valence-corrected chi connectivity index (χ2v) is 6.05. The van der Waals surface area contributed by atoms with Crippen molar-refractivity contribution in [3.05, 3.63) is 59.9 Å². The van der Waals surface area contributed by atoms with Gasteiger partial charge in [-0.3, -0.25) is 4.98 Å². The standard InChI is InChI=1S/C20H18N2O/c1-12(2)17-8-7-15-14-5-4-6-16(19(14)23-20(15)22-17)18-11-13(3)9-10-21-18/h4-12H,1-3H3/i12D. The Balaban J connectivity index is 2.00. The quantitative estimate of drug-likeness (QED) is 0.492. The molecular weight excluding hydrogens is 284 g/mol. The highest BCUT2D eigenvalue weighted by Gasteiger charge is 2.14. The van der Waals surface area contributed by atoms with Crippen molar-refractivity contribution in [1.82, 2.24) is 9.97 Å². The van der Waals surface area contributed by atoms with E-state index in [1.807, 2.05) is 69.4 Å². The highest BCUT2D eigenvalue weighted by Crippen LogP contribution is 2.35. The van der Waals surface area contributed by atoms with E-state index in [2.05, 4.69) is 9.97 Å². The van der Waals surface area contributed by atoms with Gasteiger partial charge in [0.05, 0.1) is 5.69 Å². The van der Waals surface area contributed by atoms with E-state index in [0.29, 0.717) is 11.4 Å². The Labute approximate surface area is 136 Å².